The number of rotatable bonds is 7. The van der Waals surface area contributed by atoms with E-state index in [1.165, 1.54) is 0 Å². The van der Waals surface area contributed by atoms with Crippen molar-refractivity contribution in [2.45, 2.75) is 26.5 Å². The van der Waals surface area contributed by atoms with Gasteiger partial charge >= 0.3 is 0 Å². The second-order valence-electron chi connectivity index (χ2n) is 7.86. The van der Waals surface area contributed by atoms with Gasteiger partial charge in [-0.1, -0.05) is 30.3 Å². The molecule has 0 aliphatic carbocycles. The summed E-state index contributed by atoms with van der Waals surface area (Å²) in [6, 6.07) is 18.8. The summed E-state index contributed by atoms with van der Waals surface area (Å²) in [5.74, 6) is 1.22. The fraction of sp³-hybridized carbons (Fsp3) is 0.200. The zero-order valence-electron chi connectivity index (χ0n) is 18.4. The summed E-state index contributed by atoms with van der Waals surface area (Å²) in [4.78, 5) is 9.42. The summed E-state index contributed by atoms with van der Waals surface area (Å²) in [7, 11) is 0. The average Bonchev–Trinajstić information content (AvgIpc) is 3.22. The third-order valence-electron chi connectivity index (χ3n) is 4.94. The van der Waals surface area contributed by atoms with Crippen LogP contribution in [-0.2, 0) is 6.54 Å². The van der Waals surface area contributed by atoms with Gasteiger partial charge in [0.2, 0.25) is 0 Å². The molecule has 2 heterocycles. The van der Waals surface area contributed by atoms with E-state index >= 15 is 0 Å². The van der Waals surface area contributed by atoms with Crippen LogP contribution in [0.5, 0.6) is 5.75 Å². The van der Waals surface area contributed by atoms with Crippen molar-refractivity contribution in [3.05, 3.63) is 66.4 Å². The largest absolute Gasteiger partial charge is 0.508 e. The molecule has 166 valence electrons. The smallest absolute Gasteiger partial charge is 0.162 e. The fourth-order valence-corrected chi connectivity index (χ4v) is 3.52. The number of aliphatic hydroxyl groups excluding tert-OH is 1. The van der Waals surface area contributed by atoms with E-state index in [9.17, 15) is 15.5 Å². The first-order chi connectivity index (χ1) is 15.9. The number of nitrogens with zero attached hydrogens (tertiary/aromatic N) is 5. The molecule has 0 aliphatic heterocycles. The van der Waals surface area contributed by atoms with Gasteiger partial charge in [-0.25, -0.2) is 9.97 Å². The van der Waals surface area contributed by atoms with E-state index in [2.05, 4.69) is 21.5 Å². The average molecular weight is 441 g/mol. The summed E-state index contributed by atoms with van der Waals surface area (Å²) < 4.78 is 1.55. The standard InChI is InChI=1S/C25H24N6O2/c1-16-10-19(12-20(33)11-16)24-21(15-31(30-24)9-8-26)22-13-23(27-14-17(2)32)29-25(28-22)18-6-4-3-5-7-18/h3-7,10-13,15,17,32-33H,9,14H2,1-2H3,(H,27,28,29)/t17-/m0/s1. The molecule has 0 unspecified atom stereocenters. The molecule has 4 aromatic rings. The number of nitrogens with one attached hydrogen (secondary N) is 1. The van der Waals surface area contributed by atoms with E-state index in [-0.39, 0.29) is 12.3 Å². The normalized spacial score (nSPS) is 11.7. The number of benzene rings is 2. The molecule has 8 heteroatoms. The minimum atomic E-state index is -0.548. The van der Waals surface area contributed by atoms with Crippen molar-refractivity contribution in [2.75, 3.05) is 11.9 Å². The number of nitriles is 1. The van der Waals surface area contributed by atoms with Gasteiger partial charge < -0.3 is 15.5 Å². The summed E-state index contributed by atoms with van der Waals surface area (Å²) in [5, 5.41) is 36.8. The third kappa shape index (κ3) is 5.17. The van der Waals surface area contributed by atoms with E-state index in [1.54, 1.807) is 36.0 Å². The minimum absolute atomic E-state index is 0.0779. The first-order valence-corrected chi connectivity index (χ1v) is 10.5. The van der Waals surface area contributed by atoms with Gasteiger partial charge in [0.05, 0.1) is 17.9 Å². The number of aliphatic hydroxyl groups is 1. The van der Waals surface area contributed by atoms with Crippen LogP contribution in [0, 0.1) is 18.3 Å². The van der Waals surface area contributed by atoms with Gasteiger partial charge in [0.25, 0.3) is 0 Å². The molecule has 0 bridgehead atoms. The number of aryl methyl sites for hydroxylation is 1. The maximum Gasteiger partial charge on any atom is 0.162 e. The SMILES string of the molecule is Cc1cc(O)cc(-c2nn(CC#N)cc2-c2cc(NC[C@H](C)O)nc(-c3ccccc3)n2)c1. The molecule has 0 saturated carbocycles. The highest BCUT2D eigenvalue weighted by Crippen LogP contribution is 2.34. The van der Waals surface area contributed by atoms with Gasteiger partial charge in [0.15, 0.2) is 5.82 Å². The van der Waals surface area contributed by atoms with E-state index in [0.29, 0.717) is 35.1 Å². The Morgan fingerprint density at radius 1 is 1.09 bits per heavy atom. The molecular formula is C25H24N6O2. The fourth-order valence-electron chi connectivity index (χ4n) is 3.52. The Kier molecular flexibility index (Phi) is 6.33. The summed E-state index contributed by atoms with van der Waals surface area (Å²) in [6.45, 7) is 4.00. The minimum Gasteiger partial charge on any atom is -0.508 e. The Bertz CT molecular complexity index is 1290. The molecule has 0 aliphatic rings. The molecule has 33 heavy (non-hydrogen) atoms. The number of aromatic nitrogens is 4. The van der Waals surface area contributed by atoms with Crippen LogP contribution in [0.1, 0.15) is 12.5 Å². The lowest BCUT2D eigenvalue weighted by Crippen LogP contribution is -2.16. The molecule has 1 atom stereocenters. The summed E-state index contributed by atoms with van der Waals surface area (Å²) in [5.41, 5.74) is 4.37. The molecular weight excluding hydrogens is 416 g/mol. The second kappa shape index (κ2) is 9.51. The number of phenols is 1. The Hall–Kier alpha value is -4.22. The monoisotopic (exact) mass is 440 g/mol. The molecule has 3 N–H and O–H groups in total. The molecule has 0 amide bonds. The number of phenolic OH excluding ortho intramolecular Hbond substituents is 1. The van der Waals surface area contributed by atoms with Crippen molar-refractivity contribution in [1.29, 1.82) is 5.26 Å². The lowest BCUT2D eigenvalue weighted by atomic mass is 10.0. The van der Waals surface area contributed by atoms with Crippen LogP contribution in [-0.4, -0.2) is 42.6 Å². The summed E-state index contributed by atoms with van der Waals surface area (Å²) >= 11 is 0. The van der Waals surface area contributed by atoms with Gasteiger partial charge in [0.1, 0.15) is 23.8 Å². The Morgan fingerprint density at radius 3 is 2.58 bits per heavy atom. The van der Waals surface area contributed by atoms with Gasteiger partial charge in [-0.15, -0.1) is 0 Å². The third-order valence-corrected chi connectivity index (χ3v) is 4.94. The Labute approximate surface area is 191 Å². The molecule has 2 aromatic carbocycles. The van der Waals surface area contributed by atoms with Gasteiger partial charge in [-0.05, 0) is 37.6 Å². The number of anilines is 1. The van der Waals surface area contributed by atoms with E-state index in [0.717, 1.165) is 16.7 Å². The lowest BCUT2D eigenvalue weighted by Gasteiger charge is -2.12. The molecule has 0 fully saturated rings. The van der Waals surface area contributed by atoms with Crippen molar-refractivity contribution in [3.8, 4) is 45.7 Å². The first-order valence-electron chi connectivity index (χ1n) is 10.5. The van der Waals surface area contributed by atoms with Crippen molar-refractivity contribution < 1.29 is 10.2 Å². The van der Waals surface area contributed by atoms with Gasteiger partial charge in [-0.3, -0.25) is 4.68 Å². The number of aromatic hydroxyl groups is 1. The molecule has 2 aromatic heterocycles. The molecule has 0 radical (unpaired) electrons. The molecule has 0 saturated heterocycles. The highest BCUT2D eigenvalue weighted by Gasteiger charge is 2.18. The Balaban J connectivity index is 1.90. The van der Waals surface area contributed by atoms with Crippen LogP contribution in [0.2, 0.25) is 0 Å². The molecule has 4 rings (SSSR count). The van der Waals surface area contributed by atoms with Crippen molar-refractivity contribution >= 4 is 5.82 Å². The van der Waals surface area contributed by atoms with Crippen LogP contribution in [0.25, 0.3) is 33.9 Å². The van der Waals surface area contributed by atoms with E-state index in [1.807, 2.05) is 43.3 Å². The molecule has 8 nitrogen and oxygen atoms in total. The van der Waals surface area contributed by atoms with E-state index < -0.39 is 6.10 Å². The van der Waals surface area contributed by atoms with Crippen LogP contribution < -0.4 is 5.32 Å². The number of hydrogen-bond acceptors (Lipinski definition) is 7. The van der Waals surface area contributed by atoms with Gasteiger partial charge in [0, 0.05) is 35.5 Å². The van der Waals surface area contributed by atoms with E-state index in [4.69, 9.17) is 4.98 Å². The van der Waals surface area contributed by atoms with Crippen molar-refractivity contribution in [2.24, 2.45) is 0 Å². The predicted molar refractivity (Wildman–Crippen MR) is 126 cm³/mol. The zero-order valence-corrected chi connectivity index (χ0v) is 18.4. The quantitative estimate of drug-likeness (QED) is 0.397. The maximum absolute atomic E-state index is 10.1. The highest BCUT2D eigenvalue weighted by atomic mass is 16.3. The van der Waals surface area contributed by atoms with Crippen LogP contribution in [0.4, 0.5) is 5.82 Å². The predicted octanol–water partition coefficient (Wildman–Crippen LogP) is 4.00. The van der Waals surface area contributed by atoms with Gasteiger partial charge in [-0.2, -0.15) is 10.4 Å². The maximum atomic E-state index is 10.1. The van der Waals surface area contributed by atoms with Crippen molar-refractivity contribution in [1.82, 2.24) is 19.7 Å². The topological polar surface area (TPSA) is 120 Å². The Morgan fingerprint density at radius 2 is 1.88 bits per heavy atom. The van der Waals surface area contributed by atoms with Crippen LogP contribution >= 0.6 is 0 Å². The second-order valence-corrected chi connectivity index (χ2v) is 7.86. The number of hydrogen-bond donors (Lipinski definition) is 3. The zero-order chi connectivity index (χ0) is 23.4. The van der Waals surface area contributed by atoms with Crippen molar-refractivity contribution in [3.63, 3.8) is 0 Å². The summed E-state index contributed by atoms with van der Waals surface area (Å²) in [6.07, 6.45) is 1.22. The first kappa shape index (κ1) is 22.0. The molecule has 0 spiro atoms. The highest BCUT2D eigenvalue weighted by molar-refractivity contribution is 5.81. The van der Waals surface area contributed by atoms with Crippen LogP contribution in [0.15, 0.2) is 60.8 Å². The lowest BCUT2D eigenvalue weighted by molar-refractivity contribution is 0.208. The van der Waals surface area contributed by atoms with Crippen LogP contribution in [0.3, 0.4) is 0 Å².